The molecule has 0 rings (SSSR count). The highest BCUT2D eigenvalue weighted by molar-refractivity contribution is 9.26. The zero-order chi connectivity index (χ0) is 24.0. The molecule has 0 saturated carbocycles. The molecule has 10 heteroatoms. The molecule has 0 N–H and O–H groups in total. The quantitative estimate of drug-likeness (QED) is 0.0528. The molecule has 4 nitrogen and oxygen atoms in total. The van der Waals surface area contributed by atoms with E-state index in [-0.39, 0.29) is 10.8 Å². The summed E-state index contributed by atoms with van der Waals surface area (Å²) in [4.78, 5) is 0. The van der Waals surface area contributed by atoms with E-state index in [1.807, 2.05) is 41.2 Å². The monoisotopic (exact) mass is 562 g/mol. The molecule has 0 aliphatic heterocycles. The fraction of sp³-hybridized carbons (Fsp3) is 1.00. The van der Waals surface area contributed by atoms with Crippen LogP contribution in [0.3, 0.4) is 0 Å². The van der Waals surface area contributed by atoms with E-state index in [1.54, 1.807) is 0 Å². The van der Waals surface area contributed by atoms with Crippen molar-refractivity contribution < 1.29 is 18.9 Å². The maximum Gasteiger partial charge on any atom is 0.145 e. The highest BCUT2D eigenvalue weighted by Crippen LogP contribution is 2.44. The molecular formula is C22H50O4S4Si2. The van der Waals surface area contributed by atoms with Crippen LogP contribution in [0.25, 0.3) is 0 Å². The third kappa shape index (κ3) is 16.4. The SMILES string of the molecule is CCCC[SiH2]C(CCSSSSCCC(OCC)(OCC)[SiH2]CCCC)(OCC)OCC. The predicted molar refractivity (Wildman–Crippen MR) is 158 cm³/mol. The first-order valence-corrected chi connectivity index (χ1v) is 21.3. The van der Waals surface area contributed by atoms with Crippen molar-refractivity contribution in [2.45, 2.75) is 103 Å². The van der Waals surface area contributed by atoms with Crippen LogP contribution < -0.4 is 0 Å². The van der Waals surface area contributed by atoms with Gasteiger partial charge in [-0.05, 0) is 47.3 Å². The maximum atomic E-state index is 6.17. The first-order valence-electron chi connectivity index (χ1n) is 12.7. The molecule has 0 amide bonds. The van der Waals surface area contributed by atoms with Crippen LogP contribution in [0.1, 0.15) is 80.1 Å². The van der Waals surface area contributed by atoms with Gasteiger partial charge in [0.1, 0.15) is 10.8 Å². The van der Waals surface area contributed by atoms with E-state index in [0.717, 1.165) is 50.8 Å². The molecule has 0 spiro atoms. The molecule has 0 unspecified atom stereocenters. The summed E-state index contributed by atoms with van der Waals surface area (Å²) in [6.07, 6.45) is 7.13. The maximum absolute atomic E-state index is 6.17. The van der Waals surface area contributed by atoms with Crippen molar-refractivity contribution in [3.05, 3.63) is 0 Å². The van der Waals surface area contributed by atoms with Crippen molar-refractivity contribution in [2.24, 2.45) is 0 Å². The minimum atomic E-state index is -0.401. The first kappa shape index (κ1) is 33.7. The van der Waals surface area contributed by atoms with Crippen molar-refractivity contribution in [1.29, 1.82) is 0 Å². The Morgan fingerprint density at radius 3 is 1.19 bits per heavy atom. The van der Waals surface area contributed by atoms with Crippen LogP contribution in [0.2, 0.25) is 12.1 Å². The van der Waals surface area contributed by atoms with Crippen molar-refractivity contribution >= 4 is 60.3 Å². The second kappa shape index (κ2) is 23.1. The van der Waals surface area contributed by atoms with Crippen LogP contribution in [0.15, 0.2) is 0 Å². The number of unbranched alkanes of at least 4 members (excludes halogenated alkanes) is 2. The van der Waals surface area contributed by atoms with Gasteiger partial charge in [-0.1, -0.05) is 73.2 Å². The van der Waals surface area contributed by atoms with Gasteiger partial charge in [0.25, 0.3) is 0 Å². The van der Waals surface area contributed by atoms with Gasteiger partial charge in [0.2, 0.25) is 0 Å². The van der Waals surface area contributed by atoms with Gasteiger partial charge < -0.3 is 18.9 Å². The lowest BCUT2D eigenvalue weighted by molar-refractivity contribution is -0.176. The van der Waals surface area contributed by atoms with Crippen LogP contribution in [0.5, 0.6) is 0 Å². The van der Waals surface area contributed by atoms with E-state index in [2.05, 4.69) is 41.5 Å². The lowest BCUT2D eigenvalue weighted by Crippen LogP contribution is -2.43. The Kier molecular flexibility index (Phi) is 24.3. The summed E-state index contributed by atoms with van der Waals surface area (Å²) in [7, 11) is 6.84. The molecule has 0 aromatic rings. The van der Waals surface area contributed by atoms with Crippen LogP contribution in [-0.4, -0.2) is 67.8 Å². The Morgan fingerprint density at radius 1 is 0.562 bits per heavy atom. The average Bonchev–Trinajstić information content (AvgIpc) is 2.77. The molecule has 0 heterocycles. The van der Waals surface area contributed by atoms with Crippen LogP contribution in [-0.2, 0) is 18.9 Å². The minimum absolute atomic E-state index is 0.262. The Bertz CT molecular complexity index is 364. The Hall–Kier alpha value is 1.67. The largest absolute Gasteiger partial charge is 0.355 e. The summed E-state index contributed by atoms with van der Waals surface area (Å²) in [5.74, 6) is 2.15. The average molecular weight is 563 g/mol. The first-order chi connectivity index (χ1) is 15.6. The second-order valence-corrected chi connectivity index (χ2v) is 18.6. The van der Waals surface area contributed by atoms with Gasteiger partial charge in [-0.3, -0.25) is 0 Å². The lowest BCUT2D eigenvalue weighted by Gasteiger charge is -2.33. The van der Waals surface area contributed by atoms with E-state index < -0.39 is 19.0 Å². The third-order valence-corrected chi connectivity index (χ3v) is 16.4. The van der Waals surface area contributed by atoms with Gasteiger partial charge in [0.15, 0.2) is 0 Å². The number of rotatable bonds is 25. The summed E-state index contributed by atoms with van der Waals surface area (Å²) in [6.45, 7) is 15.8. The standard InChI is InChI=1S/C22H50O4S4Si2/c1-7-13-19-31-21(23-9-3,24-10-4)15-17-27-29-30-28-18-16-22(25-11-5,26-12-6)32-20-14-8-2/h7-20,31-32H2,1-6H3. The zero-order valence-corrected chi connectivity index (χ0v) is 27.7. The normalized spacial score (nSPS) is 13.3. The Balaban J connectivity index is 4.31. The van der Waals surface area contributed by atoms with Crippen LogP contribution >= 0.6 is 41.2 Å². The highest BCUT2D eigenvalue weighted by atomic mass is 33.7. The summed E-state index contributed by atoms with van der Waals surface area (Å²) in [6, 6.07) is 2.61. The molecule has 0 radical (unpaired) electrons. The molecule has 0 atom stereocenters. The number of hydrogen-bond donors (Lipinski definition) is 0. The summed E-state index contributed by atoms with van der Waals surface area (Å²) < 4.78 is 24.7. The van der Waals surface area contributed by atoms with E-state index in [1.165, 1.54) is 37.8 Å². The second-order valence-electron chi connectivity index (χ2n) is 7.75. The molecule has 0 aromatic carbocycles. The van der Waals surface area contributed by atoms with Crippen molar-refractivity contribution in [1.82, 2.24) is 0 Å². The van der Waals surface area contributed by atoms with Gasteiger partial charge in [-0.25, -0.2) is 0 Å². The van der Waals surface area contributed by atoms with Crippen LogP contribution in [0, 0.1) is 0 Å². The van der Waals surface area contributed by atoms with E-state index in [4.69, 9.17) is 18.9 Å². The van der Waals surface area contributed by atoms with E-state index in [0.29, 0.717) is 0 Å². The fourth-order valence-corrected chi connectivity index (χ4v) is 15.3. The predicted octanol–water partition coefficient (Wildman–Crippen LogP) is 6.67. The summed E-state index contributed by atoms with van der Waals surface area (Å²) in [5, 5.41) is 0. The third-order valence-electron chi connectivity index (χ3n) is 5.21. The smallest absolute Gasteiger partial charge is 0.145 e. The summed E-state index contributed by atoms with van der Waals surface area (Å²) in [5.41, 5.74) is -0.524. The van der Waals surface area contributed by atoms with Gasteiger partial charge in [-0.15, -0.1) is 0 Å². The van der Waals surface area contributed by atoms with Gasteiger partial charge >= 0.3 is 0 Å². The molecule has 0 aliphatic rings. The topological polar surface area (TPSA) is 36.9 Å². The lowest BCUT2D eigenvalue weighted by atomic mass is 10.4. The van der Waals surface area contributed by atoms with Crippen molar-refractivity contribution in [3.63, 3.8) is 0 Å². The van der Waals surface area contributed by atoms with E-state index in [9.17, 15) is 0 Å². The van der Waals surface area contributed by atoms with Gasteiger partial charge in [-0.2, -0.15) is 0 Å². The van der Waals surface area contributed by atoms with Crippen LogP contribution in [0.4, 0.5) is 0 Å². The summed E-state index contributed by atoms with van der Waals surface area (Å²) >= 11 is 0. The zero-order valence-electron chi connectivity index (χ0n) is 21.6. The molecule has 0 bridgehead atoms. The Morgan fingerprint density at radius 2 is 0.906 bits per heavy atom. The minimum Gasteiger partial charge on any atom is -0.355 e. The fourth-order valence-electron chi connectivity index (χ4n) is 3.75. The number of ether oxygens (including phenoxy) is 4. The molecule has 32 heavy (non-hydrogen) atoms. The molecule has 0 saturated heterocycles. The molecular weight excluding hydrogens is 513 g/mol. The highest BCUT2D eigenvalue weighted by Gasteiger charge is 2.31. The van der Waals surface area contributed by atoms with Gasteiger partial charge in [0.05, 0.1) is 19.0 Å². The van der Waals surface area contributed by atoms with E-state index >= 15 is 0 Å². The Labute approximate surface area is 219 Å². The molecule has 194 valence electrons. The number of hydrogen-bond acceptors (Lipinski definition) is 8. The molecule has 0 aromatic heterocycles. The van der Waals surface area contributed by atoms with Crippen molar-refractivity contribution in [3.8, 4) is 0 Å². The molecule has 0 aliphatic carbocycles. The molecule has 0 fully saturated rings. The van der Waals surface area contributed by atoms with Crippen molar-refractivity contribution in [2.75, 3.05) is 37.9 Å². The van der Waals surface area contributed by atoms with Gasteiger partial charge in [0, 0.05) is 50.8 Å².